The highest BCUT2D eigenvalue weighted by molar-refractivity contribution is 7.07. The number of carbonyl (C=O) groups excluding carboxylic acids is 3. The van der Waals surface area contributed by atoms with Gasteiger partial charge in [0.15, 0.2) is 16.3 Å². The third-order valence-corrected chi connectivity index (χ3v) is 8.94. The molecule has 5 rings (SSSR count). The first-order chi connectivity index (χ1) is 21.7. The molecule has 11 heteroatoms. The van der Waals surface area contributed by atoms with Crippen LogP contribution >= 0.6 is 11.3 Å². The van der Waals surface area contributed by atoms with Gasteiger partial charge in [0.05, 0.1) is 42.3 Å². The van der Waals surface area contributed by atoms with E-state index in [0.717, 1.165) is 49.1 Å². The number of rotatable bonds is 11. The lowest BCUT2D eigenvalue weighted by Gasteiger charge is -2.25. The second kappa shape index (κ2) is 13.6. The SMILES string of the molecule is CCCCCCCN1C(=O)C(=c2sc3n(c2=O)C(c2ccc(OC(C)=O)c(OC)c2)C(C(=O)OCC)=C(C)N=3)c2ccccc21. The van der Waals surface area contributed by atoms with E-state index < -0.39 is 23.5 Å². The average molecular weight is 632 g/mol. The number of carbonyl (C=O) groups is 3. The van der Waals surface area contributed by atoms with E-state index in [1.54, 1.807) is 36.9 Å². The minimum absolute atomic E-state index is 0.130. The lowest BCUT2D eigenvalue weighted by Crippen LogP contribution is -2.41. The van der Waals surface area contributed by atoms with Gasteiger partial charge in [0.1, 0.15) is 4.53 Å². The highest BCUT2D eigenvalue weighted by atomic mass is 32.1. The van der Waals surface area contributed by atoms with E-state index in [-0.39, 0.29) is 34.1 Å². The van der Waals surface area contributed by atoms with Crippen LogP contribution in [0.2, 0.25) is 0 Å². The maximum absolute atomic E-state index is 14.4. The van der Waals surface area contributed by atoms with Crippen molar-refractivity contribution in [2.45, 2.75) is 65.8 Å². The van der Waals surface area contributed by atoms with E-state index in [1.165, 1.54) is 18.6 Å². The van der Waals surface area contributed by atoms with Crippen molar-refractivity contribution in [3.63, 3.8) is 0 Å². The molecular formula is C34H37N3O7S. The van der Waals surface area contributed by atoms with Gasteiger partial charge in [-0.05, 0) is 44.0 Å². The van der Waals surface area contributed by atoms with Crippen LogP contribution in [0.1, 0.15) is 77.0 Å². The summed E-state index contributed by atoms with van der Waals surface area (Å²) in [7, 11) is 1.44. The molecule has 0 bridgehead atoms. The summed E-state index contributed by atoms with van der Waals surface area (Å²) in [4.78, 5) is 60.2. The number of esters is 2. The summed E-state index contributed by atoms with van der Waals surface area (Å²) >= 11 is 1.13. The lowest BCUT2D eigenvalue weighted by atomic mass is 9.95. The molecule has 2 aliphatic heterocycles. The topological polar surface area (TPSA) is 117 Å². The Bertz CT molecular complexity index is 1870. The Balaban J connectivity index is 1.69. The maximum Gasteiger partial charge on any atom is 0.338 e. The van der Waals surface area contributed by atoms with Crippen molar-refractivity contribution >= 4 is 40.4 Å². The highest BCUT2D eigenvalue weighted by Gasteiger charge is 2.37. The fourth-order valence-electron chi connectivity index (χ4n) is 5.85. The molecule has 1 atom stereocenters. The van der Waals surface area contributed by atoms with Gasteiger partial charge in [0.2, 0.25) is 0 Å². The molecule has 0 saturated carbocycles. The van der Waals surface area contributed by atoms with E-state index in [2.05, 4.69) is 11.9 Å². The number of unbranched alkanes of at least 4 members (excludes halogenated alkanes) is 4. The van der Waals surface area contributed by atoms with Gasteiger partial charge < -0.3 is 19.1 Å². The molecule has 0 aliphatic carbocycles. The van der Waals surface area contributed by atoms with Crippen LogP contribution in [-0.4, -0.2) is 42.7 Å². The van der Waals surface area contributed by atoms with Gasteiger partial charge in [0, 0.05) is 19.0 Å². The summed E-state index contributed by atoms with van der Waals surface area (Å²) in [6.45, 7) is 7.54. The van der Waals surface area contributed by atoms with Crippen molar-refractivity contribution in [3.8, 4) is 11.5 Å². The molecule has 0 spiro atoms. The Morgan fingerprint density at radius 3 is 2.47 bits per heavy atom. The van der Waals surface area contributed by atoms with Gasteiger partial charge >= 0.3 is 11.9 Å². The summed E-state index contributed by atoms with van der Waals surface area (Å²) < 4.78 is 17.9. The molecule has 3 heterocycles. The van der Waals surface area contributed by atoms with Crippen molar-refractivity contribution in [2.75, 3.05) is 25.2 Å². The summed E-state index contributed by atoms with van der Waals surface area (Å²) in [5, 5.41) is 0. The van der Waals surface area contributed by atoms with Crippen LogP contribution in [0.5, 0.6) is 11.5 Å². The number of ether oxygens (including phenoxy) is 3. The number of hydrogen-bond donors (Lipinski definition) is 0. The van der Waals surface area contributed by atoms with E-state index in [1.807, 2.05) is 24.3 Å². The molecule has 10 nitrogen and oxygen atoms in total. The smallest absolute Gasteiger partial charge is 0.338 e. The first kappa shape index (κ1) is 31.9. The lowest BCUT2D eigenvalue weighted by molar-refractivity contribution is -0.139. The fourth-order valence-corrected chi connectivity index (χ4v) is 6.98. The van der Waals surface area contributed by atoms with Gasteiger partial charge in [-0.15, -0.1) is 0 Å². The van der Waals surface area contributed by atoms with Gasteiger partial charge in [-0.25, -0.2) is 9.79 Å². The number of nitrogens with zero attached hydrogens (tertiary/aromatic N) is 3. The minimum atomic E-state index is -0.934. The number of fused-ring (bicyclic) bond motifs is 2. The fraction of sp³-hybridized carbons (Fsp3) is 0.382. The number of thiazole rings is 1. The quantitative estimate of drug-likeness (QED) is 0.175. The van der Waals surface area contributed by atoms with Crippen molar-refractivity contribution in [2.24, 2.45) is 4.99 Å². The summed E-state index contributed by atoms with van der Waals surface area (Å²) in [5.74, 6) is -0.900. The zero-order chi connectivity index (χ0) is 32.2. The molecule has 1 unspecified atom stereocenters. The van der Waals surface area contributed by atoms with Crippen LogP contribution in [0.15, 0.2) is 63.5 Å². The number of para-hydroxylation sites is 1. The average Bonchev–Trinajstić information content (AvgIpc) is 3.48. The first-order valence-corrected chi connectivity index (χ1v) is 16.0. The molecule has 0 N–H and O–H groups in total. The molecule has 45 heavy (non-hydrogen) atoms. The Hall–Kier alpha value is -4.51. The molecule has 0 saturated heterocycles. The van der Waals surface area contributed by atoms with Crippen LogP contribution in [0, 0.1) is 0 Å². The second-order valence-electron chi connectivity index (χ2n) is 10.9. The molecule has 1 amide bonds. The Morgan fingerprint density at radius 2 is 1.76 bits per heavy atom. The summed E-state index contributed by atoms with van der Waals surface area (Å²) in [6, 6.07) is 11.4. The Labute approximate surface area is 265 Å². The predicted octanol–water partition coefficient (Wildman–Crippen LogP) is 4.42. The van der Waals surface area contributed by atoms with Crippen molar-refractivity contribution < 1.29 is 28.6 Å². The maximum atomic E-state index is 14.4. The number of amides is 1. The number of allylic oxidation sites excluding steroid dienone is 1. The number of aromatic nitrogens is 1. The number of methoxy groups -OCH3 is 1. The van der Waals surface area contributed by atoms with Crippen molar-refractivity contribution in [3.05, 3.63) is 84.5 Å². The normalized spacial score (nSPS) is 16.7. The molecule has 2 aliphatic rings. The monoisotopic (exact) mass is 631 g/mol. The zero-order valence-corrected chi connectivity index (χ0v) is 27.0. The predicted molar refractivity (Wildman–Crippen MR) is 171 cm³/mol. The molecule has 3 aromatic rings. The van der Waals surface area contributed by atoms with Gasteiger partial charge in [-0.3, -0.25) is 19.0 Å². The van der Waals surface area contributed by atoms with Gasteiger partial charge in [-0.1, -0.05) is 68.2 Å². The third-order valence-electron chi connectivity index (χ3n) is 7.89. The van der Waals surface area contributed by atoms with Crippen molar-refractivity contribution in [1.82, 2.24) is 4.57 Å². The van der Waals surface area contributed by atoms with Gasteiger partial charge in [0.25, 0.3) is 11.5 Å². The van der Waals surface area contributed by atoms with Crippen LogP contribution in [-0.2, 0) is 19.1 Å². The Kier molecular flexibility index (Phi) is 9.67. The second-order valence-corrected chi connectivity index (χ2v) is 11.9. The number of hydrogen-bond acceptors (Lipinski definition) is 9. The van der Waals surface area contributed by atoms with Crippen molar-refractivity contribution in [1.29, 1.82) is 0 Å². The third kappa shape index (κ3) is 6.09. The van der Waals surface area contributed by atoms with Gasteiger partial charge in [-0.2, -0.15) is 0 Å². The van der Waals surface area contributed by atoms with Crippen LogP contribution < -0.4 is 29.3 Å². The molecule has 0 fully saturated rings. The van der Waals surface area contributed by atoms with E-state index in [0.29, 0.717) is 33.7 Å². The van der Waals surface area contributed by atoms with E-state index >= 15 is 0 Å². The van der Waals surface area contributed by atoms with Crippen LogP contribution in [0.25, 0.3) is 5.57 Å². The Morgan fingerprint density at radius 1 is 1.00 bits per heavy atom. The minimum Gasteiger partial charge on any atom is -0.493 e. The molecule has 0 radical (unpaired) electrons. The van der Waals surface area contributed by atoms with Crippen LogP contribution in [0.3, 0.4) is 0 Å². The van der Waals surface area contributed by atoms with Crippen LogP contribution in [0.4, 0.5) is 5.69 Å². The summed E-state index contributed by atoms with van der Waals surface area (Å²) in [5.41, 5.74) is 2.48. The zero-order valence-electron chi connectivity index (χ0n) is 26.2. The highest BCUT2D eigenvalue weighted by Crippen LogP contribution is 2.38. The summed E-state index contributed by atoms with van der Waals surface area (Å²) in [6.07, 6.45) is 5.29. The molecule has 2 aromatic carbocycles. The molecular weight excluding hydrogens is 594 g/mol. The number of anilines is 1. The van der Waals surface area contributed by atoms with E-state index in [4.69, 9.17) is 14.2 Å². The molecule has 1 aromatic heterocycles. The largest absolute Gasteiger partial charge is 0.493 e. The number of benzene rings is 2. The standard InChI is InChI=1S/C34H37N3O7S/c1-6-8-9-10-13-18-36-24-15-12-11-14-23(24)28(31(36)39)30-32(40)37-29(22-16-17-25(44-21(4)38)26(19-22)42-5)27(33(41)43-7-2)20(3)35-34(37)45-30/h11-12,14-17,19,29H,6-10,13,18H2,1-5H3. The first-order valence-electron chi connectivity index (χ1n) is 15.2. The molecule has 236 valence electrons. The van der Waals surface area contributed by atoms with E-state index in [9.17, 15) is 19.2 Å².